The van der Waals surface area contributed by atoms with Gasteiger partial charge in [-0.2, -0.15) is 0 Å². The van der Waals surface area contributed by atoms with E-state index in [0.717, 1.165) is 39.0 Å². The van der Waals surface area contributed by atoms with Crippen LogP contribution in [0, 0.1) is 0 Å². The quantitative estimate of drug-likeness (QED) is 0.128. The van der Waals surface area contributed by atoms with Gasteiger partial charge in [0.1, 0.15) is 11.2 Å². The second kappa shape index (κ2) is 16.7. The predicted octanol–water partition coefficient (Wildman–Crippen LogP) is 16.9. The molecule has 0 aliphatic carbocycles. The molecule has 1 aromatic heterocycles. The highest BCUT2D eigenvalue weighted by Crippen LogP contribution is 2.42. The van der Waals surface area contributed by atoms with Crippen LogP contribution in [0.2, 0.25) is 0 Å². The molecular weight excluding hydrogens is 763 g/mol. The largest absolute Gasteiger partial charge is 0.456 e. The Morgan fingerprint density at radius 1 is 0.254 bits per heavy atom. The minimum absolute atomic E-state index is 0.0000591. The molecule has 0 aliphatic rings. The molecule has 0 radical (unpaired) electrons. The van der Waals surface area contributed by atoms with Gasteiger partial charge >= 0.3 is 0 Å². The topological polar surface area (TPSA) is 16.4 Å². The Balaban J connectivity index is 1.02. The van der Waals surface area contributed by atoms with Crippen molar-refractivity contribution in [2.24, 2.45) is 0 Å². The van der Waals surface area contributed by atoms with E-state index in [4.69, 9.17) is 4.42 Å². The summed E-state index contributed by atoms with van der Waals surface area (Å²) in [6.07, 6.45) is 0. The van der Waals surface area contributed by atoms with Crippen molar-refractivity contribution in [3.63, 3.8) is 0 Å². The summed E-state index contributed by atoms with van der Waals surface area (Å²) in [7, 11) is 0. The van der Waals surface area contributed by atoms with Gasteiger partial charge in [-0.1, -0.05) is 200 Å². The number of hydrogen-bond acceptors (Lipinski definition) is 2. The Morgan fingerprint density at radius 3 is 0.952 bits per heavy atom. The Kier molecular flexibility index (Phi) is 10.0. The molecule has 0 fully saturated rings. The van der Waals surface area contributed by atoms with E-state index in [9.17, 15) is 0 Å². The van der Waals surface area contributed by atoms with Gasteiger partial charge in [0, 0.05) is 33.8 Å². The third-order valence-corrected chi connectivity index (χ3v) is 12.2. The highest BCUT2D eigenvalue weighted by atomic mass is 16.3. The number of anilines is 3. The van der Waals surface area contributed by atoms with E-state index >= 15 is 0 Å². The van der Waals surface area contributed by atoms with Crippen LogP contribution in [-0.2, 0) is 0 Å². The summed E-state index contributed by atoms with van der Waals surface area (Å²) in [5, 5.41) is 2.17. The summed E-state index contributed by atoms with van der Waals surface area (Å²) in [5.74, 6) is -0.0000591. The third kappa shape index (κ3) is 7.60. The van der Waals surface area contributed by atoms with E-state index in [0.29, 0.717) is 0 Å². The molecule has 0 amide bonds. The van der Waals surface area contributed by atoms with Crippen LogP contribution in [0.15, 0.2) is 259 Å². The molecule has 0 saturated heterocycles. The molecule has 0 aliphatic heterocycles. The number of hydrogen-bond donors (Lipinski definition) is 0. The molecule has 0 N–H and O–H groups in total. The SMILES string of the molecule is c1ccc(-c2ccc(C(c3ccc(-c4ccccc4)cc3)c3ccc4oc5ccc(N(c6ccc(-c7ccccc7)cc6)c6ccc(-c7ccccc7)cc6)cc5c4c3)cc2)cc1. The molecule has 0 atom stereocenters. The maximum Gasteiger partial charge on any atom is 0.135 e. The van der Waals surface area contributed by atoms with E-state index in [2.05, 4.69) is 260 Å². The highest BCUT2D eigenvalue weighted by molar-refractivity contribution is 6.07. The van der Waals surface area contributed by atoms with Crippen molar-refractivity contribution in [1.82, 2.24) is 0 Å². The maximum atomic E-state index is 6.59. The summed E-state index contributed by atoms with van der Waals surface area (Å²) in [4.78, 5) is 2.34. The molecule has 0 unspecified atom stereocenters. The van der Waals surface area contributed by atoms with Crippen LogP contribution in [-0.4, -0.2) is 0 Å². The standard InChI is InChI=1S/C61H43NO/c1-5-13-43(14-6-1)47-21-25-51(26-22-47)61(52-27-23-48(24-28-52)44-15-7-2-8-16-44)53-33-39-59-57(41-53)58-42-56(38-40-60(58)63-59)62(54-34-29-49(30-35-54)45-17-9-3-10-18-45)55-36-31-50(32-37-55)46-19-11-4-12-20-46/h1-42,61H. The Labute approximate surface area is 368 Å². The van der Waals surface area contributed by atoms with Gasteiger partial charge in [-0.05, 0) is 116 Å². The zero-order valence-electron chi connectivity index (χ0n) is 34.7. The molecule has 63 heavy (non-hydrogen) atoms. The smallest absolute Gasteiger partial charge is 0.135 e. The lowest BCUT2D eigenvalue weighted by atomic mass is 9.83. The van der Waals surface area contributed by atoms with Crippen molar-refractivity contribution in [3.8, 4) is 44.5 Å². The van der Waals surface area contributed by atoms with Gasteiger partial charge in [-0.15, -0.1) is 0 Å². The normalized spacial score (nSPS) is 11.3. The summed E-state index contributed by atoms with van der Waals surface area (Å²) >= 11 is 0. The lowest BCUT2D eigenvalue weighted by molar-refractivity contribution is 0.668. The van der Waals surface area contributed by atoms with Crippen molar-refractivity contribution in [1.29, 1.82) is 0 Å². The molecular formula is C61H43NO. The van der Waals surface area contributed by atoms with Crippen LogP contribution in [0.5, 0.6) is 0 Å². The van der Waals surface area contributed by atoms with Gasteiger partial charge in [-0.25, -0.2) is 0 Å². The molecule has 1 heterocycles. The fourth-order valence-electron chi connectivity index (χ4n) is 8.99. The Bertz CT molecular complexity index is 2880. The van der Waals surface area contributed by atoms with Crippen molar-refractivity contribution in [2.75, 3.05) is 4.90 Å². The van der Waals surface area contributed by atoms with Gasteiger partial charge < -0.3 is 9.32 Å². The number of furan rings is 1. The van der Waals surface area contributed by atoms with Gasteiger partial charge in [0.25, 0.3) is 0 Å². The average molecular weight is 806 g/mol. The van der Waals surface area contributed by atoms with Crippen LogP contribution >= 0.6 is 0 Å². The van der Waals surface area contributed by atoms with E-state index in [1.54, 1.807) is 0 Å². The van der Waals surface area contributed by atoms with Crippen molar-refractivity contribution in [2.45, 2.75) is 5.92 Å². The molecule has 298 valence electrons. The zero-order valence-corrected chi connectivity index (χ0v) is 34.7. The van der Waals surface area contributed by atoms with Gasteiger partial charge in [-0.3, -0.25) is 0 Å². The first kappa shape index (κ1) is 37.8. The van der Waals surface area contributed by atoms with Crippen molar-refractivity contribution in [3.05, 3.63) is 271 Å². The molecule has 10 aromatic carbocycles. The molecule has 2 heteroatoms. The zero-order chi connectivity index (χ0) is 42.0. The van der Waals surface area contributed by atoms with Crippen LogP contribution < -0.4 is 4.90 Å². The Morgan fingerprint density at radius 2 is 0.556 bits per heavy atom. The molecule has 2 nitrogen and oxygen atoms in total. The first-order chi connectivity index (χ1) is 31.2. The molecule has 0 spiro atoms. The number of rotatable bonds is 10. The Hall–Kier alpha value is -8.20. The van der Waals surface area contributed by atoms with Crippen LogP contribution in [0.3, 0.4) is 0 Å². The van der Waals surface area contributed by atoms with Gasteiger partial charge in [0.05, 0.1) is 0 Å². The fraction of sp³-hybridized carbons (Fsp3) is 0.0164. The molecule has 11 rings (SSSR count). The minimum atomic E-state index is -0.0000591. The summed E-state index contributed by atoms with van der Waals surface area (Å²) in [6.45, 7) is 0. The van der Waals surface area contributed by atoms with E-state index in [1.165, 1.54) is 61.2 Å². The predicted molar refractivity (Wildman–Crippen MR) is 264 cm³/mol. The van der Waals surface area contributed by atoms with Gasteiger partial charge in [0.2, 0.25) is 0 Å². The second-order valence-corrected chi connectivity index (χ2v) is 16.1. The van der Waals surface area contributed by atoms with Crippen LogP contribution in [0.4, 0.5) is 17.1 Å². The molecule has 0 saturated carbocycles. The minimum Gasteiger partial charge on any atom is -0.456 e. The monoisotopic (exact) mass is 805 g/mol. The van der Waals surface area contributed by atoms with Gasteiger partial charge in [0.15, 0.2) is 0 Å². The van der Waals surface area contributed by atoms with E-state index in [1.807, 2.05) is 0 Å². The lowest BCUT2D eigenvalue weighted by Gasteiger charge is -2.26. The molecule has 0 bridgehead atoms. The van der Waals surface area contributed by atoms with E-state index < -0.39 is 0 Å². The van der Waals surface area contributed by atoms with Crippen molar-refractivity contribution < 1.29 is 4.42 Å². The summed E-state index contributed by atoms with van der Waals surface area (Å²) < 4.78 is 6.59. The fourth-order valence-corrected chi connectivity index (χ4v) is 8.99. The molecule has 11 aromatic rings. The lowest BCUT2D eigenvalue weighted by Crippen LogP contribution is -2.09. The van der Waals surface area contributed by atoms with Crippen LogP contribution in [0.25, 0.3) is 66.4 Å². The number of benzene rings is 10. The maximum absolute atomic E-state index is 6.59. The first-order valence-corrected chi connectivity index (χ1v) is 21.6. The first-order valence-electron chi connectivity index (χ1n) is 21.6. The third-order valence-electron chi connectivity index (χ3n) is 12.2. The number of fused-ring (bicyclic) bond motifs is 3. The summed E-state index contributed by atoms with van der Waals surface area (Å²) in [6, 6.07) is 91.5. The summed E-state index contributed by atoms with van der Waals surface area (Å²) in [5.41, 5.74) is 18.2. The van der Waals surface area contributed by atoms with Crippen molar-refractivity contribution >= 4 is 39.0 Å². The highest BCUT2D eigenvalue weighted by Gasteiger charge is 2.21. The van der Waals surface area contributed by atoms with E-state index in [-0.39, 0.29) is 5.92 Å². The second-order valence-electron chi connectivity index (χ2n) is 16.1. The average Bonchev–Trinajstić information content (AvgIpc) is 3.73. The van der Waals surface area contributed by atoms with Crippen LogP contribution in [0.1, 0.15) is 22.6 Å². The number of nitrogens with zero attached hydrogens (tertiary/aromatic N) is 1.